The summed E-state index contributed by atoms with van der Waals surface area (Å²) in [6.07, 6.45) is 10.2. The zero-order valence-corrected chi connectivity index (χ0v) is 24.0. The summed E-state index contributed by atoms with van der Waals surface area (Å²) in [6.45, 7) is 0.682. The lowest BCUT2D eigenvalue weighted by Gasteiger charge is -2.11. The second kappa shape index (κ2) is 14.9. The number of benzene rings is 4. The molecule has 0 heterocycles. The fourth-order valence-electron chi connectivity index (χ4n) is 4.42. The minimum atomic E-state index is -0.379. The Hall–Kier alpha value is -5.73. The van der Waals surface area contributed by atoms with Gasteiger partial charge in [-0.1, -0.05) is 66.8 Å². The molecule has 0 saturated heterocycles. The van der Waals surface area contributed by atoms with E-state index in [-0.39, 0.29) is 23.4 Å². The first-order valence-electron chi connectivity index (χ1n) is 14.2. The third-order valence-corrected chi connectivity index (χ3v) is 6.63. The predicted molar refractivity (Wildman–Crippen MR) is 182 cm³/mol. The number of anilines is 3. The van der Waals surface area contributed by atoms with Gasteiger partial charge >= 0.3 is 0 Å². The Bertz CT molecular complexity index is 1750. The van der Waals surface area contributed by atoms with Crippen LogP contribution < -0.4 is 21.3 Å². The van der Waals surface area contributed by atoms with Crippen LogP contribution in [0.5, 0.6) is 0 Å². The molecular formula is C36H40N4O4. The van der Waals surface area contributed by atoms with Gasteiger partial charge in [0, 0.05) is 45.2 Å². The van der Waals surface area contributed by atoms with Gasteiger partial charge in [-0.05, 0) is 78.7 Å². The largest absolute Gasteiger partial charge is 0.363 e. The average molecular weight is 593 g/mol. The zero-order valence-electron chi connectivity index (χ0n) is 24.0. The van der Waals surface area contributed by atoms with Crippen molar-refractivity contribution in [2.24, 2.45) is 0 Å². The first-order valence-corrected chi connectivity index (χ1v) is 14.2. The molecule has 8 nitrogen and oxygen atoms in total. The average Bonchev–Trinajstić information content (AvgIpc) is 3.32. The van der Waals surface area contributed by atoms with Crippen molar-refractivity contribution in [3.05, 3.63) is 161 Å². The van der Waals surface area contributed by atoms with Crippen LogP contribution in [0.15, 0.2) is 139 Å². The Morgan fingerprint density at radius 1 is 0.636 bits per heavy atom. The predicted octanol–water partition coefficient (Wildman–Crippen LogP) is 7.89. The summed E-state index contributed by atoms with van der Waals surface area (Å²) in [5, 5.41) is 11.8. The molecule has 1 aliphatic rings. The molecule has 0 unspecified atom stereocenters. The molecule has 228 valence electrons. The van der Waals surface area contributed by atoms with Crippen LogP contribution in [0.4, 0.5) is 17.1 Å². The van der Waals surface area contributed by atoms with E-state index in [1.807, 2.05) is 72.8 Å². The molecule has 0 atom stereocenters. The van der Waals surface area contributed by atoms with Gasteiger partial charge < -0.3 is 26.0 Å². The molecule has 4 aromatic rings. The van der Waals surface area contributed by atoms with Crippen molar-refractivity contribution in [2.45, 2.75) is 13.0 Å². The van der Waals surface area contributed by atoms with Crippen LogP contribution in [-0.2, 0) is 11.3 Å². The number of amides is 3. The molecule has 4 N–H and O–H groups in total. The third-order valence-electron chi connectivity index (χ3n) is 6.63. The summed E-state index contributed by atoms with van der Waals surface area (Å²) >= 11 is 0. The number of hydrogen-bond acceptors (Lipinski definition) is 5. The molecular weight excluding hydrogens is 552 g/mol. The summed E-state index contributed by atoms with van der Waals surface area (Å²) < 4.78 is 5.71. The molecule has 0 radical (unpaired) electrons. The molecule has 0 aliphatic heterocycles. The van der Waals surface area contributed by atoms with Gasteiger partial charge in [-0.15, -0.1) is 0 Å². The Kier molecular flexibility index (Phi) is 10.1. The van der Waals surface area contributed by atoms with E-state index in [0.717, 1.165) is 17.7 Å². The highest BCUT2D eigenvalue weighted by atomic mass is 16.5. The summed E-state index contributed by atoms with van der Waals surface area (Å²) in [6, 6.07) is 30.4. The second-order valence-electron chi connectivity index (χ2n) is 9.94. The van der Waals surface area contributed by atoms with E-state index in [2.05, 4.69) is 21.3 Å². The number of hydrogen-bond donors (Lipinski definition) is 4. The minimum Gasteiger partial charge on any atom is -0.363 e. The molecule has 0 spiro atoms. The lowest BCUT2D eigenvalue weighted by atomic mass is 10.1. The molecule has 3 amide bonds. The van der Waals surface area contributed by atoms with Crippen LogP contribution in [0.1, 0.15) is 48.8 Å². The van der Waals surface area contributed by atoms with E-state index in [4.69, 9.17) is 4.74 Å². The second-order valence-corrected chi connectivity index (χ2v) is 9.94. The molecule has 8 heteroatoms. The van der Waals surface area contributed by atoms with Gasteiger partial charge in [0.05, 0.1) is 6.61 Å². The molecule has 0 fully saturated rings. The number of rotatable bonds is 11. The Labute approximate surface area is 262 Å². The summed E-state index contributed by atoms with van der Waals surface area (Å²) in [4.78, 5) is 38.8. The van der Waals surface area contributed by atoms with Crippen LogP contribution in [-0.4, -0.2) is 24.5 Å². The third kappa shape index (κ3) is 8.64. The van der Waals surface area contributed by atoms with Gasteiger partial charge in [0.1, 0.15) is 6.73 Å². The highest BCUT2D eigenvalue weighted by Crippen LogP contribution is 2.18. The first kappa shape index (κ1) is 29.8. The minimum absolute atomic E-state index is 0. The van der Waals surface area contributed by atoms with Crippen LogP contribution >= 0.6 is 0 Å². The quantitative estimate of drug-likeness (QED) is 0.105. The molecule has 5 rings (SSSR count). The summed E-state index contributed by atoms with van der Waals surface area (Å²) in [5.74, 6) is -0.970. The Morgan fingerprint density at radius 2 is 1.25 bits per heavy atom. The van der Waals surface area contributed by atoms with Crippen molar-refractivity contribution in [1.29, 1.82) is 0 Å². The molecule has 0 bridgehead atoms. The van der Waals surface area contributed by atoms with E-state index < -0.39 is 0 Å². The summed E-state index contributed by atoms with van der Waals surface area (Å²) in [7, 11) is 0. The maximum absolute atomic E-state index is 13.0. The van der Waals surface area contributed by atoms with Gasteiger partial charge in [0.2, 0.25) is 0 Å². The number of ether oxygens (including phenoxy) is 1. The number of allylic oxidation sites excluding steroid dienone is 5. The van der Waals surface area contributed by atoms with E-state index in [0.29, 0.717) is 47.1 Å². The lowest BCUT2D eigenvalue weighted by molar-refractivity contribution is 0.0966. The molecule has 0 aromatic heterocycles. The van der Waals surface area contributed by atoms with E-state index in [9.17, 15) is 14.4 Å². The fourth-order valence-corrected chi connectivity index (χ4v) is 4.42. The highest BCUT2D eigenvalue weighted by Gasteiger charge is 2.13. The SMILES string of the molecule is O=C(NC1=CCC=CC=C1)c1cccc(C(=O)Nc2cccc(NC(=O)c3cccc(COCNc4ccccc4)c3)c2)c1.[HH].[HH].[HH].[HH]. The number of para-hydroxylation sites is 1. The Morgan fingerprint density at radius 3 is 1.98 bits per heavy atom. The number of carbonyl (C=O) groups excluding carboxylic acids is 3. The van der Waals surface area contributed by atoms with Crippen molar-refractivity contribution in [3.8, 4) is 0 Å². The fraction of sp³-hybridized carbons (Fsp3) is 0.0833. The molecule has 44 heavy (non-hydrogen) atoms. The van der Waals surface area contributed by atoms with E-state index in [1.165, 1.54) is 0 Å². The van der Waals surface area contributed by atoms with Gasteiger partial charge in [0.15, 0.2) is 0 Å². The van der Waals surface area contributed by atoms with Crippen LogP contribution in [0.3, 0.4) is 0 Å². The van der Waals surface area contributed by atoms with Crippen molar-refractivity contribution >= 4 is 34.8 Å². The normalized spacial score (nSPS) is 12.0. The number of nitrogens with one attached hydrogen (secondary N) is 4. The maximum atomic E-state index is 13.0. The van der Waals surface area contributed by atoms with Crippen molar-refractivity contribution in [3.63, 3.8) is 0 Å². The standard InChI is InChI=1S/C36H32N4O4.4H2/c41-34(27-12-8-11-26(21-27)24-44-25-37-30-15-6-3-7-16-30)39-32-19-10-20-33(23-32)40-36(43)29-14-9-13-28(22-29)35(42)38-31-17-4-1-2-5-18-31;;;;/h1-4,6-23,37H,5,24-25H2,(H,38,42)(H,39,41)(H,40,43);4*1H. The van der Waals surface area contributed by atoms with Crippen molar-refractivity contribution < 1.29 is 24.8 Å². The maximum Gasteiger partial charge on any atom is 0.255 e. The van der Waals surface area contributed by atoms with Gasteiger partial charge in [-0.2, -0.15) is 0 Å². The Balaban J connectivity index is 0.00000288. The lowest BCUT2D eigenvalue weighted by Crippen LogP contribution is -2.22. The monoisotopic (exact) mass is 592 g/mol. The molecule has 1 aliphatic carbocycles. The van der Waals surface area contributed by atoms with Crippen LogP contribution in [0.2, 0.25) is 0 Å². The van der Waals surface area contributed by atoms with Crippen molar-refractivity contribution in [1.82, 2.24) is 5.32 Å². The van der Waals surface area contributed by atoms with E-state index >= 15 is 0 Å². The smallest absolute Gasteiger partial charge is 0.255 e. The van der Waals surface area contributed by atoms with E-state index in [1.54, 1.807) is 60.7 Å². The zero-order chi connectivity index (χ0) is 30.6. The number of carbonyl (C=O) groups is 3. The highest BCUT2D eigenvalue weighted by molar-refractivity contribution is 6.07. The first-order chi connectivity index (χ1) is 21.5. The molecule has 4 aromatic carbocycles. The van der Waals surface area contributed by atoms with Gasteiger partial charge in [0.25, 0.3) is 17.7 Å². The topological polar surface area (TPSA) is 109 Å². The van der Waals surface area contributed by atoms with Gasteiger partial charge in [-0.3, -0.25) is 14.4 Å². The van der Waals surface area contributed by atoms with Crippen LogP contribution in [0.25, 0.3) is 0 Å². The van der Waals surface area contributed by atoms with Gasteiger partial charge in [-0.25, -0.2) is 0 Å². The molecule has 0 saturated carbocycles. The van der Waals surface area contributed by atoms with Crippen LogP contribution in [0, 0.1) is 0 Å². The van der Waals surface area contributed by atoms with Crippen molar-refractivity contribution in [2.75, 3.05) is 22.7 Å². The summed E-state index contributed by atoms with van der Waals surface area (Å²) in [5.41, 5.74) is 4.73.